The van der Waals surface area contributed by atoms with Gasteiger partial charge in [-0.25, -0.2) is 5.43 Å². The van der Waals surface area contributed by atoms with Gasteiger partial charge in [0.25, 0.3) is 5.91 Å². The molecule has 20 heavy (non-hydrogen) atoms. The Bertz CT molecular complexity index is 633. The number of hydrazone groups is 1. The Morgan fingerprint density at radius 2 is 2.10 bits per heavy atom. The lowest BCUT2D eigenvalue weighted by Gasteiger charge is -2.04. The van der Waals surface area contributed by atoms with Gasteiger partial charge in [-0.15, -0.1) is 0 Å². The molecule has 0 saturated heterocycles. The van der Waals surface area contributed by atoms with Gasteiger partial charge in [0.15, 0.2) is 0 Å². The highest BCUT2D eigenvalue weighted by Crippen LogP contribution is 2.10. The standard InChI is InChI=1S/C14H13N3O3/c1-10(18)16-12-5-2-4-11(8-12)14(19)17-15-9-13-6-3-7-20-13/h2-9H,1H3,(H,16,18)(H,17,19). The lowest BCUT2D eigenvalue weighted by atomic mass is 10.2. The zero-order chi connectivity index (χ0) is 14.4. The van der Waals surface area contributed by atoms with Crippen LogP contribution in [0.25, 0.3) is 0 Å². The van der Waals surface area contributed by atoms with Gasteiger partial charge in [0.2, 0.25) is 5.91 Å². The number of carbonyl (C=O) groups is 2. The molecule has 1 aromatic carbocycles. The van der Waals surface area contributed by atoms with Gasteiger partial charge in [-0.1, -0.05) is 6.07 Å². The van der Waals surface area contributed by atoms with Crippen molar-refractivity contribution in [2.24, 2.45) is 5.10 Å². The Balaban J connectivity index is 2.00. The summed E-state index contributed by atoms with van der Waals surface area (Å²) in [6.45, 7) is 1.40. The highest BCUT2D eigenvalue weighted by Gasteiger charge is 2.05. The van der Waals surface area contributed by atoms with E-state index in [1.54, 1.807) is 36.4 Å². The molecule has 2 N–H and O–H groups in total. The molecule has 1 aromatic heterocycles. The van der Waals surface area contributed by atoms with E-state index in [1.165, 1.54) is 19.4 Å². The molecule has 6 heteroatoms. The number of nitrogens with zero attached hydrogens (tertiary/aromatic N) is 1. The quantitative estimate of drug-likeness (QED) is 0.659. The minimum absolute atomic E-state index is 0.196. The predicted molar refractivity (Wildman–Crippen MR) is 74.5 cm³/mol. The number of furan rings is 1. The molecule has 0 radical (unpaired) electrons. The number of amides is 2. The van der Waals surface area contributed by atoms with E-state index >= 15 is 0 Å². The van der Waals surface area contributed by atoms with E-state index in [2.05, 4.69) is 15.8 Å². The second-order valence-corrected chi connectivity index (χ2v) is 3.98. The first kappa shape index (κ1) is 13.5. The maximum atomic E-state index is 11.8. The van der Waals surface area contributed by atoms with Crippen molar-refractivity contribution < 1.29 is 14.0 Å². The van der Waals surface area contributed by atoms with E-state index in [4.69, 9.17) is 4.42 Å². The molecule has 0 aliphatic rings. The van der Waals surface area contributed by atoms with Crippen molar-refractivity contribution in [3.63, 3.8) is 0 Å². The fraction of sp³-hybridized carbons (Fsp3) is 0.0714. The largest absolute Gasteiger partial charge is 0.463 e. The second-order valence-electron chi connectivity index (χ2n) is 3.98. The lowest BCUT2D eigenvalue weighted by Crippen LogP contribution is -2.18. The third kappa shape index (κ3) is 3.81. The molecule has 2 rings (SSSR count). The highest BCUT2D eigenvalue weighted by atomic mass is 16.3. The molecule has 102 valence electrons. The van der Waals surface area contributed by atoms with Crippen molar-refractivity contribution >= 4 is 23.7 Å². The predicted octanol–water partition coefficient (Wildman–Crippen LogP) is 2.00. The summed E-state index contributed by atoms with van der Waals surface area (Å²) in [5.74, 6) is -0.0318. The van der Waals surface area contributed by atoms with Crippen molar-refractivity contribution in [3.8, 4) is 0 Å². The Labute approximate surface area is 115 Å². The summed E-state index contributed by atoms with van der Waals surface area (Å²) in [6.07, 6.45) is 2.91. The van der Waals surface area contributed by atoms with Crippen molar-refractivity contribution in [3.05, 3.63) is 54.0 Å². The van der Waals surface area contributed by atoms with Gasteiger partial charge in [-0.05, 0) is 30.3 Å². The smallest absolute Gasteiger partial charge is 0.271 e. The molecule has 0 atom stereocenters. The SMILES string of the molecule is CC(=O)Nc1cccc(C(=O)NN=Cc2ccco2)c1. The summed E-state index contributed by atoms with van der Waals surface area (Å²) in [7, 11) is 0. The number of benzene rings is 1. The molecule has 0 fully saturated rings. The molecular formula is C14H13N3O3. The Hall–Kier alpha value is -2.89. The Morgan fingerprint density at radius 3 is 2.80 bits per heavy atom. The minimum atomic E-state index is -0.375. The third-order valence-corrected chi connectivity index (χ3v) is 2.35. The lowest BCUT2D eigenvalue weighted by molar-refractivity contribution is -0.114. The number of nitrogens with one attached hydrogen (secondary N) is 2. The van der Waals surface area contributed by atoms with Crippen LogP contribution in [0.1, 0.15) is 23.0 Å². The molecule has 0 aliphatic carbocycles. The van der Waals surface area contributed by atoms with Gasteiger partial charge in [0.1, 0.15) is 5.76 Å². The van der Waals surface area contributed by atoms with Crippen LogP contribution in [-0.2, 0) is 4.79 Å². The van der Waals surface area contributed by atoms with Crippen LogP contribution in [0.15, 0.2) is 52.2 Å². The molecule has 0 spiro atoms. The number of carbonyl (C=O) groups excluding carboxylic acids is 2. The maximum absolute atomic E-state index is 11.8. The van der Waals surface area contributed by atoms with E-state index in [0.29, 0.717) is 17.0 Å². The van der Waals surface area contributed by atoms with E-state index in [0.717, 1.165) is 0 Å². The monoisotopic (exact) mass is 271 g/mol. The molecule has 0 saturated carbocycles. The first-order chi connectivity index (χ1) is 9.65. The molecule has 0 aliphatic heterocycles. The van der Waals surface area contributed by atoms with Crippen LogP contribution in [0.3, 0.4) is 0 Å². The Morgan fingerprint density at radius 1 is 1.25 bits per heavy atom. The average molecular weight is 271 g/mol. The fourth-order valence-electron chi connectivity index (χ4n) is 1.53. The second kappa shape index (κ2) is 6.33. The van der Waals surface area contributed by atoms with E-state index in [9.17, 15) is 9.59 Å². The van der Waals surface area contributed by atoms with E-state index in [1.807, 2.05) is 0 Å². The van der Waals surface area contributed by atoms with E-state index in [-0.39, 0.29) is 11.8 Å². The Kier molecular flexibility index (Phi) is 4.28. The van der Waals surface area contributed by atoms with Crippen LogP contribution < -0.4 is 10.7 Å². The summed E-state index contributed by atoms with van der Waals surface area (Å²) in [5.41, 5.74) is 3.33. The molecule has 2 aromatic rings. The first-order valence-corrected chi connectivity index (χ1v) is 5.90. The summed E-state index contributed by atoms with van der Waals surface area (Å²) in [6, 6.07) is 10.0. The average Bonchev–Trinajstić information content (AvgIpc) is 2.91. The number of hydrogen-bond donors (Lipinski definition) is 2. The van der Waals surface area contributed by atoms with Gasteiger partial charge < -0.3 is 9.73 Å². The van der Waals surface area contributed by atoms with Gasteiger partial charge >= 0.3 is 0 Å². The zero-order valence-electron chi connectivity index (χ0n) is 10.8. The molecule has 0 bridgehead atoms. The molecule has 6 nitrogen and oxygen atoms in total. The molecule has 0 unspecified atom stereocenters. The van der Waals surface area contributed by atoms with Gasteiger partial charge in [0.05, 0.1) is 12.5 Å². The van der Waals surface area contributed by atoms with Crippen LogP contribution in [0.2, 0.25) is 0 Å². The van der Waals surface area contributed by atoms with Crippen molar-refractivity contribution in [2.75, 3.05) is 5.32 Å². The van der Waals surface area contributed by atoms with E-state index < -0.39 is 0 Å². The van der Waals surface area contributed by atoms with Crippen molar-refractivity contribution in [1.29, 1.82) is 0 Å². The highest BCUT2D eigenvalue weighted by molar-refractivity contribution is 5.97. The third-order valence-electron chi connectivity index (χ3n) is 2.35. The van der Waals surface area contributed by atoms with Crippen LogP contribution in [0, 0.1) is 0 Å². The summed E-state index contributed by atoms with van der Waals surface area (Å²) in [4.78, 5) is 22.8. The topological polar surface area (TPSA) is 83.7 Å². The number of rotatable bonds is 4. The fourth-order valence-corrected chi connectivity index (χ4v) is 1.53. The van der Waals surface area contributed by atoms with Crippen LogP contribution in [0.4, 0.5) is 5.69 Å². The molecule has 1 heterocycles. The molecule has 2 amide bonds. The summed E-state index contributed by atoms with van der Waals surface area (Å²) < 4.78 is 5.04. The normalized spacial score (nSPS) is 10.4. The van der Waals surface area contributed by atoms with Gasteiger partial charge in [-0.2, -0.15) is 5.10 Å². The van der Waals surface area contributed by atoms with Crippen molar-refractivity contribution in [2.45, 2.75) is 6.92 Å². The van der Waals surface area contributed by atoms with Crippen LogP contribution in [0.5, 0.6) is 0 Å². The molecular weight excluding hydrogens is 258 g/mol. The van der Waals surface area contributed by atoms with Crippen LogP contribution >= 0.6 is 0 Å². The van der Waals surface area contributed by atoms with Crippen molar-refractivity contribution in [1.82, 2.24) is 5.43 Å². The van der Waals surface area contributed by atoms with Gasteiger partial charge in [-0.3, -0.25) is 9.59 Å². The van der Waals surface area contributed by atoms with Crippen LogP contribution in [-0.4, -0.2) is 18.0 Å². The van der Waals surface area contributed by atoms with Gasteiger partial charge in [0, 0.05) is 18.2 Å². The number of anilines is 1. The summed E-state index contributed by atoms with van der Waals surface area (Å²) >= 11 is 0. The summed E-state index contributed by atoms with van der Waals surface area (Å²) in [5, 5.41) is 6.38. The zero-order valence-corrected chi connectivity index (χ0v) is 10.8. The first-order valence-electron chi connectivity index (χ1n) is 5.90. The number of hydrogen-bond acceptors (Lipinski definition) is 4. The maximum Gasteiger partial charge on any atom is 0.271 e. The minimum Gasteiger partial charge on any atom is -0.463 e.